The largest absolute Gasteiger partial charge is 0.416 e. The number of rotatable bonds is 3. The Kier molecular flexibility index (Phi) is 4.76. The highest BCUT2D eigenvalue weighted by molar-refractivity contribution is 7.99. The van der Waals surface area contributed by atoms with Crippen LogP contribution in [0.25, 0.3) is 0 Å². The normalized spacial score (nSPS) is 22.2. The van der Waals surface area contributed by atoms with E-state index in [1.54, 1.807) is 24.9 Å². The molecule has 1 N–H and O–H groups in total. The molecule has 2 unspecified atom stereocenters. The van der Waals surface area contributed by atoms with Crippen LogP contribution >= 0.6 is 11.8 Å². The predicted octanol–water partition coefficient (Wildman–Crippen LogP) is 3.10. The van der Waals surface area contributed by atoms with Crippen LogP contribution < -0.4 is 5.32 Å². The molecule has 1 fully saturated rings. The number of hydrogen-bond donors (Lipinski definition) is 1. The summed E-state index contributed by atoms with van der Waals surface area (Å²) >= 11 is 1.76. The summed E-state index contributed by atoms with van der Waals surface area (Å²) < 4.78 is 43.8. The van der Waals surface area contributed by atoms with Crippen LogP contribution in [-0.2, 0) is 10.9 Å². The SMILES string of the molecule is CNC(c1cccc(C(F)(F)F)c1)C1CSCCO1. The monoisotopic (exact) mass is 291 g/mol. The van der Waals surface area contributed by atoms with Crippen LogP contribution in [0.15, 0.2) is 24.3 Å². The number of nitrogens with one attached hydrogen (secondary N) is 1. The first-order valence-corrected chi connectivity index (χ1v) is 7.21. The lowest BCUT2D eigenvalue weighted by molar-refractivity contribution is -0.137. The van der Waals surface area contributed by atoms with Gasteiger partial charge >= 0.3 is 6.18 Å². The third kappa shape index (κ3) is 3.64. The minimum absolute atomic E-state index is 0.0905. The van der Waals surface area contributed by atoms with Crippen molar-refractivity contribution in [3.8, 4) is 0 Å². The number of benzene rings is 1. The summed E-state index contributed by atoms with van der Waals surface area (Å²) in [6, 6.07) is 5.23. The van der Waals surface area contributed by atoms with Crippen molar-refractivity contribution in [3.63, 3.8) is 0 Å². The van der Waals surface area contributed by atoms with Crippen molar-refractivity contribution in [2.45, 2.75) is 18.3 Å². The van der Waals surface area contributed by atoms with Gasteiger partial charge in [-0.05, 0) is 24.7 Å². The van der Waals surface area contributed by atoms with Gasteiger partial charge in [0.1, 0.15) is 0 Å². The number of halogens is 3. The fourth-order valence-corrected chi connectivity index (χ4v) is 3.08. The van der Waals surface area contributed by atoms with Crippen LogP contribution in [0.5, 0.6) is 0 Å². The molecule has 1 saturated heterocycles. The second-order valence-electron chi connectivity index (χ2n) is 4.37. The molecule has 1 aliphatic rings. The molecule has 1 aromatic carbocycles. The predicted molar refractivity (Wildman–Crippen MR) is 70.3 cm³/mol. The van der Waals surface area contributed by atoms with Gasteiger partial charge in [0.2, 0.25) is 0 Å². The molecular weight excluding hydrogens is 275 g/mol. The highest BCUT2D eigenvalue weighted by Crippen LogP contribution is 2.32. The first-order valence-electron chi connectivity index (χ1n) is 6.06. The third-order valence-corrected chi connectivity index (χ3v) is 4.12. The van der Waals surface area contributed by atoms with Crippen LogP contribution in [0.2, 0.25) is 0 Å². The summed E-state index contributed by atoms with van der Waals surface area (Å²) in [6.07, 6.45) is -4.40. The van der Waals surface area contributed by atoms with E-state index in [1.165, 1.54) is 12.1 Å². The van der Waals surface area contributed by atoms with Gasteiger partial charge < -0.3 is 10.1 Å². The standard InChI is InChI=1S/C13H16F3NOS/c1-17-12(11-8-19-6-5-18-11)9-3-2-4-10(7-9)13(14,15)16/h2-4,7,11-12,17H,5-6,8H2,1H3. The Balaban J connectivity index is 2.22. The Morgan fingerprint density at radius 1 is 1.42 bits per heavy atom. The number of thioether (sulfide) groups is 1. The van der Waals surface area contributed by atoms with Gasteiger partial charge in [-0.25, -0.2) is 0 Å². The second kappa shape index (κ2) is 6.15. The van der Waals surface area contributed by atoms with Crippen LogP contribution in [0.3, 0.4) is 0 Å². The highest BCUT2D eigenvalue weighted by atomic mass is 32.2. The Labute approximate surface area is 114 Å². The Morgan fingerprint density at radius 3 is 2.79 bits per heavy atom. The van der Waals surface area contributed by atoms with Crippen molar-refractivity contribution in [3.05, 3.63) is 35.4 Å². The van der Waals surface area contributed by atoms with E-state index in [4.69, 9.17) is 4.74 Å². The van der Waals surface area contributed by atoms with Gasteiger partial charge in [0.25, 0.3) is 0 Å². The number of ether oxygens (including phenoxy) is 1. The minimum Gasteiger partial charge on any atom is -0.375 e. The molecule has 2 rings (SSSR count). The number of likely N-dealkylation sites (N-methyl/N-ethyl adjacent to an activating group) is 1. The van der Waals surface area contributed by atoms with Gasteiger partial charge in [0.15, 0.2) is 0 Å². The Morgan fingerprint density at radius 2 is 2.21 bits per heavy atom. The molecule has 0 spiro atoms. The average Bonchev–Trinajstić information content (AvgIpc) is 2.40. The van der Waals surface area contributed by atoms with Crippen molar-refractivity contribution in [2.24, 2.45) is 0 Å². The topological polar surface area (TPSA) is 21.3 Å². The van der Waals surface area contributed by atoms with Gasteiger partial charge in [-0.2, -0.15) is 24.9 Å². The van der Waals surface area contributed by atoms with Gasteiger partial charge in [-0.1, -0.05) is 12.1 Å². The Hall–Kier alpha value is -0.720. The smallest absolute Gasteiger partial charge is 0.375 e. The van der Waals surface area contributed by atoms with Crippen LogP contribution in [0, 0.1) is 0 Å². The lowest BCUT2D eigenvalue weighted by Crippen LogP contribution is -2.36. The molecular formula is C13H16F3NOS. The van der Waals surface area contributed by atoms with Gasteiger partial charge in [-0.3, -0.25) is 0 Å². The fourth-order valence-electron chi connectivity index (χ4n) is 2.17. The van der Waals surface area contributed by atoms with Crippen molar-refractivity contribution in [1.29, 1.82) is 0 Å². The molecule has 0 saturated carbocycles. The van der Waals surface area contributed by atoms with E-state index in [1.807, 2.05) is 0 Å². The molecule has 0 aliphatic carbocycles. The van der Waals surface area contributed by atoms with Gasteiger partial charge in [-0.15, -0.1) is 0 Å². The molecule has 1 heterocycles. The third-order valence-electron chi connectivity index (χ3n) is 3.10. The Bertz CT molecular complexity index is 419. The molecule has 2 nitrogen and oxygen atoms in total. The minimum atomic E-state index is -4.31. The molecule has 0 radical (unpaired) electrons. The maximum atomic E-state index is 12.7. The summed E-state index contributed by atoms with van der Waals surface area (Å²) in [5.41, 5.74) is -0.00135. The summed E-state index contributed by atoms with van der Waals surface area (Å²) in [5, 5.41) is 3.06. The highest BCUT2D eigenvalue weighted by Gasteiger charge is 2.32. The quantitative estimate of drug-likeness (QED) is 0.924. The van der Waals surface area contributed by atoms with Crippen LogP contribution in [0.1, 0.15) is 17.2 Å². The van der Waals surface area contributed by atoms with Crippen molar-refractivity contribution in [2.75, 3.05) is 25.2 Å². The van der Waals surface area contributed by atoms with Gasteiger partial charge in [0.05, 0.1) is 24.3 Å². The lowest BCUT2D eigenvalue weighted by Gasteiger charge is -2.30. The molecule has 0 aromatic heterocycles. The zero-order chi connectivity index (χ0) is 13.9. The zero-order valence-corrected chi connectivity index (χ0v) is 11.4. The molecule has 106 valence electrons. The second-order valence-corrected chi connectivity index (χ2v) is 5.52. The van der Waals surface area contributed by atoms with E-state index >= 15 is 0 Å². The van der Waals surface area contributed by atoms with E-state index in [2.05, 4.69) is 5.32 Å². The van der Waals surface area contributed by atoms with E-state index in [0.29, 0.717) is 12.2 Å². The summed E-state index contributed by atoms with van der Waals surface area (Å²) in [5.74, 6) is 1.73. The van der Waals surface area contributed by atoms with E-state index in [9.17, 15) is 13.2 Å². The molecule has 19 heavy (non-hydrogen) atoms. The first-order chi connectivity index (χ1) is 9.02. The summed E-state index contributed by atoms with van der Waals surface area (Å²) in [4.78, 5) is 0. The fraction of sp³-hybridized carbons (Fsp3) is 0.538. The molecule has 1 aliphatic heterocycles. The zero-order valence-electron chi connectivity index (χ0n) is 10.5. The average molecular weight is 291 g/mol. The van der Waals surface area contributed by atoms with Crippen LogP contribution in [0.4, 0.5) is 13.2 Å². The van der Waals surface area contributed by atoms with E-state index < -0.39 is 11.7 Å². The molecule has 0 bridgehead atoms. The first kappa shape index (κ1) is 14.7. The van der Waals surface area contributed by atoms with E-state index in [-0.39, 0.29) is 12.1 Å². The van der Waals surface area contributed by atoms with Gasteiger partial charge in [0, 0.05) is 11.5 Å². The molecule has 0 amide bonds. The summed E-state index contributed by atoms with van der Waals surface area (Å²) in [6.45, 7) is 0.645. The lowest BCUT2D eigenvalue weighted by atomic mass is 10.00. The number of hydrogen-bond acceptors (Lipinski definition) is 3. The maximum Gasteiger partial charge on any atom is 0.416 e. The van der Waals surface area contributed by atoms with Crippen molar-refractivity contribution in [1.82, 2.24) is 5.32 Å². The maximum absolute atomic E-state index is 12.7. The van der Waals surface area contributed by atoms with Crippen molar-refractivity contribution >= 4 is 11.8 Å². The number of alkyl halides is 3. The van der Waals surface area contributed by atoms with Crippen LogP contribution in [-0.4, -0.2) is 31.3 Å². The van der Waals surface area contributed by atoms with E-state index in [0.717, 1.165) is 17.6 Å². The molecule has 6 heteroatoms. The van der Waals surface area contributed by atoms with Crippen molar-refractivity contribution < 1.29 is 17.9 Å². The summed E-state index contributed by atoms with van der Waals surface area (Å²) in [7, 11) is 1.74. The molecule has 2 atom stereocenters. The molecule has 1 aromatic rings.